The first-order valence-corrected chi connectivity index (χ1v) is 5.25. The van der Waals surface area contributed by atoms with E-state index in [-0.39, 0.29) is 12.0 Å². The molecule has 0 radical (unpaired) electrons. The summed E-state index contributed by atoms with van der Waals surface area (Å²) in [4.78, 5) is 4.04. The molecule has 0 spiro atoms. The van der Waals surface area contributed by atoms with Crippen LogP contribution in [0.25, 0.3) is 0 Å². The molecule has 74 valence electrons. The number of hydrogen-bond donors (Lipinski definition) is 2. The van der Waals surface area contributed by atoms with Gasteiger partial charge < -0.3 is 10.4 Å². The van der Waals surface area contributed by atoms with Gasteiger partial charge in [-0.25, -0.2) is 4.98 Å². The lowest BCUT2D eigenvalue weighted by Gasteiger charge is -2.21. The van der Waals surface area contributed by atoms with Crippen LogP contribution in [0.4, 0.5) is 5.13 Å². The van der Waals surface area contributed by atoms with Crippen LogP contribution in [0.15, 0.2) is 5.38 Å². The Kier molecular flexibility index (Phi) is 3.53. The maximum atomic E-state index is 8.99. The lowest BCUT2D eigenvalue weighted by Crippen LogP contribution is -2.26. The summed E-state index contributed by atoms with van der Waals surface area (Å²) in [6.45, 7) is 4.80. The first-order valence-electron chi connectivity index (χ1n) is 3.99. The Balaban J connectivity index is 2.43. The van der Waals surface area contributed by atoms with Crippen molar-refractivity contribution in [1.82, 2.24) is 4.98 Å². The molecule has 0 atom stereocenters. The van der Waals surface area contributed by atoms with E-state index in [1.165, 1.54) is 11.3 Å². The molecule has 13 heavy (non-hydrogen) atoms. The number of nitrogens with zero attached hydrogens (tertiary/aromatic N) is 1. The summed E-state index contributed by atoms with van der Waals surface area (Å²) in [5, 5.41) is 15.2. The summed E-state index contributed by atoms with van der Waals surface area (Å²) in [5.74, 6) is 0. The van der Waals surface area contributed by atoms with Gasteiger partial charge in [-0.15, -0.1) is 11.3 Å². The Labute approximate surface area is 86.8 Å². The fourth-order valence-electron chi connectivity index (χ4n) is 0.706. The standard InChI is InChI=1S/C8H13ClN2OS/c1-8(2,5-12)4-10-7-11-6(9)3-13-7/h3,12H,4-5H2,1-2H3,(H,10,11). The van der Waals surface area contributed by atoms with E-state index in [0.717, 1.165) is 5.13 Å². The zero-order chi connectivity index (χ0) is 9.90. The van der Waals surface area contributed by atoms with Gasteiger partial charge in [0.25, 0.3) is 0 Å². The number of rotatable bonds is 4. The highest BCUT2D eigenvalue weighted by Crippen LogP contribution is 2.21. The molecule has 0 amide bonds. The summed E-state index contributed by atoms with van der Waals surface area (Å²) < 4.78 is 0. The topological polar surface area (TPSA) is 45.1 Å². The molecule has 0 aliphatic rings. The molecule has 1 heterocycles. The van der Waals surface area contributed by atoms with Crippen LogP contribution in [0.1, 0.15) is 13.8 Å². The zero-order valence-corrected chi connectivity index (χ0v) is 9.24. The highest BCUT2D eigenvalue weighted by Gasteiger charge is 2.16. The minimum atomic E-state index is -0.127. The van der Waals surface area contributed by atoms with E-state index >= 15 is 0 Å². The van der Waals surface area contributed by atoms with Crippen molar-refractivity contribution in [3.05, 3.63) is 10.5 Å². The third kappa shape index (κ3) is 3.50. The summed E-state index contributed by atoms with van der Waals surface area (Å²) >= 11 is 7.12. The third-order valence-corrected chi connectivity index (χ3v) is 2.75. The number of aromatic nitrogens is 1. The van der Waals surface area contributed by atoms with Gasteiger partial charge >= 0.3 is 0 Å². The monoisotopic (exact) mass is 220 g/mol. The van der Waals surface area contributed by atoms with Crippen molar-refractivity contribution >= 4 is 28.1 Å². The molecular formula is C8H13ClN2OS. The van der Waals surface area contributed by atoms with Gasteiger partial charge in [-0.1, -0.05) is 25.4 Å². The van der Waals surface area contributed by atoms with Crippen molar-refractivity contribution in [2.75, 3.05) is 18.5 Å². The quantitative estimate of drug-likeness (QED) is 0.818. The van der Waals surface area contributed by atoms with Crippen molar-refractivity contribution in [2.24, 2.45) is 5.41 Å². The molecule has 3 nitrogen and oxygen atoms in total. The molecule has 0 aliphatic carbocycles. The fourth-order valence-corrected chi connectivity index (χ4v) is 1.54. The second-order valence-electron chi connectivity index (χ2n) is 3.65. The number of aliphatic hydroxyl groups excluding tert-OH is 1. The molecule has 0 fully saturated rings. The average Bonchev–Trinajstić information content (AvgIpc) is 2.48. The van der Waals surface area contributed by atoms with E-state index in [4.69, 9.17) is 16.7 Å². The highest BCUT2D eigenvalue weighted by atomic mass is 35.5. The molecule has 1 aromatic rings. The van der Waals surface area contributed by atoms with Gasteiger partial charge in [0.15, 0.2) is 5.13 Å². The maximum absolute atomic E-state index is 8.99. The van der Waals surface area contributed by atoms with Gasteiger partial charge in [-0.3, -0.25) is 0 Å². The molecule has 5 heteroatoms. The van der Waals surface area contributed by atoms with E-state index < -0.39 is 0 Å². The van der Waals surface area contributed by atoms with E-state index in [2.05, 4.69) is 10.3 Å². The summed E-state index contributed by atoms with van der Waals surface area (Å²) in [6, 6.07) is 0. The number of thiazole rings is 1. The Bertz CT molecular complexity index is 275. The number of anilines is 1. The molecule has 2 N–H and O–H groups in total. The van der Waals surface area contributed by atoms with Crippen molar-refractivity contribution < 1.29 is 5.11 Å². The number of hydrogen-bond acceptors (Lipinski definition) is 4. The minimum Gasteiger partial charge on any atom is -0.396 e. The first-order chi connectivity index (χ1) is 6.03. The second-order valence-corrected chi connectivity index (χ2v) is 4.90. The number of halogens is 1. The normalized spacial score (nSPS) is 11.7. The average molecular weight is 221 g/mol. The molecule has 0 aliphatic heterocycles. The van der Waals surface area contributed by atoms with Gasteiger partial charge in [0.2, 0.25) is 0 Å². The van der Waals surface area contributed by atoms with Crippen LogP contribution in [0, 0.1) is 5.41 Å². The van der Waals surface area contributed by atoms with Crippen molar-refractivity contribution in [3.8, 4) is 0 Å². The van der Waals surface area contributed by atoms with Gasteiger partial charge in [-0.05, 0) is 0 Å². The first kappa shape index (κ1) is 10.8. The van der Waals surface area contributed by atoms with Gasteiger partial charge in [0.05, 0.1) is 0 Å². The summed E-state index contributed by atoms with van der Waals surface area (Å²) in [5.41, 5.74) is -0.127. The van der Waals surface area contributed by atoms with Crippen molar-refractivity contribution in [3.63, 3.8) is 0 Å². The molecule has 0 aromatic carbocycles. The summed E-state index contributed by atoms with van der Waals surface area (Å²) in [6.07, 6.45) is 0. The lowest BCUT2D eigenvalue weighted by molar-refractivity contribution is 0.171. The fraction of sp³-hybridized carbons (Fsp3) is 0.625. The minimum absolute atomic E-state index is 0.127. The van der Waals surface area contributed by atoms with Crippen molar-refractivity contribution in [1.29, 1.82) is 0 Å². The molecule has 1 rings (SSSR count). The second kappa shape index (κ2) is 4.26. The van der Waals surface area contributed by atoms with E-state index in [9.17, 15) is 0 Å². The lowest BCUT2D eigenvalue weighted by atomic mass is 9.95. The van der Waals surface area contributed by atoms with E-state index in [1.54, 1.807) is 5.38 Å². The Morgan fingerprint density at radius 2 is 2.38 bits per heavy atom. The predicted molar refractivity (Wildman–Crippen MR) is 56.5 cm³/mol. The Morgan fingerprint density at radius 1 is 1.69 bits per heavy atom. The van der Waals surface area contributed by atoms with Gasteiger partial charge in [-0.2, -0.15) is 0 Å². The SMILES string of the molecule is CC(C)(CO)CNc1nc(Cl)cs1. The van der Waals surface area contributed by atoms with Gasteiger partial charge in [0.1, 0.15) is 5.15 Å². The van der Waals surface area contributed by atoms with Crippen LogP contribution in [-0.4, -0.2) is 23.2 Å². The van der Waals surface area contributed by atoms with E-state index in [1.807, 2.05) is 13.8 Å². The third-order valence-electron chi connectivity index (χ3n) is 1.62. The maximum Gasteiger partial charge on any atom is 0.184 e. The highest BCUT2D eigenvalue weighted by molar-refractivity contribution is 7.14. The molecule has 0 bridgehead atoms. The van der Waals surface area contributed by atoms with Gasteiger partial charge in [0, 0.05) is 23.9 Å². The van der Waals surface area contributed by atoms with Crippen LogP contribution in [0.3, 0.4) is 0 Å². The predicted octanol–water partition coefficient (Wildman–Crippen LogP) is 2.23. The Morgan fingerprint density at radius 3 is 2.85 bits per heavy atom. The molecule has 0 saturated carbocycles. The molecule has 0 unspecified atom stereocenters. The van der Waals surface area contributed by atoms with Crippen LogP contribution < -0.4 is 5.32 Å². The smallest absolute Gasteiger partial charge is 0.184 e. The summed E-state index contributed by atoms with van der Waals surface area (Å²) in [7, 11) is 0. The molecular weight excluding hydrogens is 208 g/mol. The zero-order valence-electron chi connectivity index (χ0n) is 7.67. The number of aliphatic hydroxyl groups is 1. The van der Waals surface area contributed by atoms with Crippen LogP contribution in [-0.2, 0) is 0 Å². The van der Waals surface area contributed by atoms with Crippen LogP contribution in [0.2, 0.25) is 5.15 Å². The largest absolute Gasteiger partial charge is 0.396 e. The Hall–Kier alpha value is -0.320. The number of nitrogens with one attached hydrogen (secondary N) is 1. The molecule has 1 aromatic heterocycles. The van der Waals surface area contributed by atoms with E-state index in [0.29, 0.717) is 11.7 Å². The molecule has 0 saturated heterocycles. The van der Waals surface area contributed by atoms with Crippen LogP contribution >= 0.6 is 22.9 Å². The van der Waals surface area contributed by atoms with Crippen LogP contribution in [0.5, 0.6) is 0 Å². The van der Waals surface area contributed by atoms with Crippen molar-refractivity contribution in [2.45, 2.75) is 13.8 Å².